The van der Waals surface area contributed by atoms with E-state index in [2.05, 4.69) is 30.8 Å². The lowest BCUT2D eigenvalue weighted by atomic mass is 10.0. The molecule has 0 aliphatic rings. The van der Waals surface area contributed by atoms with E-state index in [1.165, 1.54) is 6.07 Å². The van der Waals surface area contributed by atoms with Gasteiger partial charge in [0.25, 0.3) is 0 Å². The second-order valence-corrected chi connectivity index (χ2v) is 8.59. The third-order valence-electron chi connectivity index (χ3n) is 5.81. The Bertz CT molecular complexity index is 1330. The highest BCUT2D eigenvalue weighted by molar-refractivity contribution is 5.80. The van der Waals surface area contributed by atoms with Crippen LogP contribution in [-0.2, 0) is 10.9 Å². The molecular weight excluding hydrogens is 493 g/mol. The Morgan fingerprint density at radius 2 is 1.79 bits per heavy atom. The minimum atomic E-state index is -4.48. The zero-order valence-electron chi connectivity index (χ0n) is 21.2. The van der Waals surface area contributed by atoms with E-state index in [9.17, 15) is 13.2 Å². The fraction of sp³-hybridized carbons (Fsp3) is 0.286. The first-order valence-corrected chi connectivity index (χ1v) is 12.4. The molecule has 0 bridgehead atoms. The Labute approximate surface area is 219 Å². The maximum atomic E-state index is 13.4. The highest BCUT2D eigenvalue weighted by atomic mass is 19.4. The van der Waals surface area contributed by atoms with Crippen LogP contribution in [0.25, 0.3) is 22.5 Å². The third kappa shape index (κ3) is 7.04. The van der Waals surface area contributed by atoms with Gasteiger partial charge in [-0.2, -0.15) is 13.2 Å². The summed E-state index contributed by atoms with van der Waals surface area (Å²) in [5.41, 5.74) is 1.91. The topological polar surface area (TPSA) is 84.9 Å². The summed E-state index contributed by atoms with van der Waals surface area (Å²) in [6.07, 6.45) is -2.11. The molecule has 38 heavy (non-hydrogen) atoms. The lowest BCUT2D eigenvalue weighted by molar-refractivity contribution is -0.137. The van der Waals surface area contributed by atoms with Crippen molar-refractivity contribution in [1.29, 1.82) is 0 Å². The Morgan fingerprint density at radius 1 is 0.974 bits per heavy atom. The summed E-state index contributed by atoms with van der Waals surface area (Å²) in [6.45, 7) is 5.78. The summed E-state index contributed by atoms with van der Waals surface area (Å²) in [5, 5.41) is 15.0. The van der Waals surface area contributed by atoms with Crippen molar-refractivity contribution in [1.82, 2.24) is 20.2 Å². The van der Waals surface area contributed by atoms with E-state index >= 15 is 0 Å². The Hall–Kier alpha value is -4.05. The summed E-state index contributed by atoms with van der Waals surface area (Å²) in [7, 11) is 0. The van der Waals surface area contributed by atoms with Crippen LogP contribution in [0, 0.1) is 0 Å². The number of benzene rings is 2. The van der Waals surface area contributed by atoms with E-state index in [0.717, 1.165) is 24.1 Å². The van der Waals surface area contributed by atoms with Gasteiger partial charge in [0.1, 0.15) is 11.5 Å². The summed E-state index contributed by atoms with van der Waals surface area (Å²) in [4.78, 5) is 9.01. The average Bonchev–Trinajstić information content (AvgIpc) is 2.93. The highest BCUT2D eigenvalue weighted by Gasteiger charge is 2.31. The monoisotopic (exact) mass is 522 g/mol. The van der Waals surface area contributed by atoms with Crippen LogP contribution in [0.3, 0.4) is 0 Å². The van der Waals surface area contributed by atoms with Crippen molar-refractivity contribution in [3.05, 3.63) is 84.1 Å². The van der Waals surface area contributed by atoms with Gasteiger partial charge < -0.3 is 15.4 Å². The lowest BCUT2D eigenvalue weighted by Gasteiger charge is -2.16. The first-order valence-electron chi connectivity index (χ1n) is 12.4. The van der Waals surface area contributed by atoms with E-state index in [1.54, 1.807) is 24.4 Å². The molecule has 2 heterocycles. The molecule has 4 rings (SSSR count). The van der Waals surface area contributed by atoms with Gasteiger partial charge in [0.15, 0.2) is 0 Å². The molecule has 2 aromatic heterocycles. The summed E-state index contributed by atoms with van der Waals surface area (Å²) in [6, 6.07) is 18.3. The van der Waals surface area contributed by atoms with Gasteiger partial charge in [-0.05, 0) is 50.1 Å². The number of hydrogen-bond acceptors (Lipinski definition) is 7. The Morgan fingerprint density at radius 3 is 2.55 bits per heavy atom. The van der Waals surface area contributed by atoms with E-state index in [1.807, 2.05) is 44.2 Å². The van der Waals surface area contributed by atoms with Gasteiger partial charge in [0.2, 0.25) is 5.95 Å². The number of aromatic nitrogens is 4. The van der Waals surface area contributed by atoms with Crippen LogP contribution < -0.4 is 10.6 Å². The van der Waals surface area contributed by atoms with Gasteiger partial charge >= 0.3 is 6.18 Å². The van der Waals surface area contributed by atoms with E-state index < -0.39 is 11.7 Å². The first-order chi connectivity index (χ1) is 18.3. The number of nitrogens with zero attached hydrogens (tertiary/aromatic N) is 4. The molecule has 0 saturated heterocycles. The molecular formula is C28H29F3N6O. The molecule has 4 aromatic rings. The molecule has 0 aliphatic heterocycles. The van der Waals surface area contributed by atoms with Crippen molar-refractivity contribution in [2.24, 2.45) is 0 Å². The van der Waals surface area contributed by atoms with Crippen LogP contribution in [0.4, 0.5) is 24.9 Å². The van der Waals surface area contributed by atoms with Crippen molar-refractivity contribution in [2.75, 3.05) is 30.4 Å². The molecule has 1 atom stereocenters. The Kier molecular flexibility index (Phi) is 8.85. The number of nitrogens with one attached hydrogen (secondary N) is 2. The molecule has 2 aromatic carbocycles. The molecule has 0 fully saturated rings. The van der Waals surface area contributed by atoms with Crippen molar-refractivity contribution < 1.29 is 17.9 Å². The van der Waals surface area contributed by atoms with Gasteiger partial charge in [-0.1, -0.05) is 42.5 Å². The fourth-order valence-electron chi connectivity index (χ4n) is 3.86. The number of hydrogen-bond donors (Lipinski definition) is 2. The summed E-state index contributed by atoms with van der Waals surface area (Å²) >= 11 is 0. The van der Waals surface area contributed by atoms with E-state index in [0.29, 0.717) is 42.8 Å². The number of rotatable bonds is 11. The number of ether oxygens (including phenoxy) is 1. The van der Waals surface area contributed by atoms with Crippen molar-refractivity contribution in [3.8, 4) is 22.5 Å². The molecule has 0 radical (unpaired) electrons. The molecule has 2 N–H and O–H groups in total. The van der Waals surface area contributed by atoms with Crippen LogP contribution in [0.5, 0.6) is 0 Å². The average molecular weight is 523 g/mol. The smallest absolute Gasteiger partial charge is 0.382 e. The van der Waals surface area contributed by atoms with Crippen molar-refractivity contribution >= 4 is 11.8 Å². The quantitative estimate of drug-likeness (QED) is 0.214. The molecule has 0 spiro atoms. The SMILES string of the molecule is CCOCCCNc1cc(-c2ccnc(N[C@@H](C)c3ccccc3)n2)c(-c2cccc(C(F)(F)F)c2)nn1. The maximum Gasteiger partial charge on any atom is 0.416 e. The summed E-state index contributed by atoms with van der Waals surface area (Å²) < 4.78 is 45.6. The van der Waals surface area contributed by atoms with Crippen molar-refractivity contribution in [2.45, 2.75) is 32.5 Å². The molecule has 7 nitrogen and oxygen atoms in total. The minimum absolute atomic E-state index is 0.0625. The van der Waals surface area contributed by atoms with Crippen molar-refractivity contribution in [3.63, 3.8) is 0 Å². The molecule has 10 heteroatoms. The molecule has 0 saturated carbocycles. The van der Waals surface area contributed by atoms with Crippen LogP contribution in [0.1, 0.15) is 37.4 Å². The molecule has 0 aliphatic carbocycles. The van der Waals surface area contributed by atoms with Crippen LogP contribution >= 0.6 is 0 Å². The zero-order chi connectivity index (χ0) is 27.0. The van der Waals surface area contributed by atoms with Gasteiger partial charge in [-0.15, -0.1) is 10.2 Å². The maximum absolute atomic E-state index is 13.4. The van der Waals surface area contributed by atoms with E-state index in [-0.39, 0.29) is 17.3 Å². The second-order valence-electron chi connectivity index (χ2n) is 8.59. The number of halogens is 3. The first kappa shape index (κ1) is 27.0. The van der Waals surface area contributed by atoms with Crippen LogP contribution in [0.2, 0.25) is 0 Å². The largest absolute Gasteiger partial charge is 0.416 e. The fourth-order valence-corrected chi connectivity index (χ4v) is 3.86. The minimum Gasteiger partial charge on any atom is -0.382 e. The predicted molar refractivity (Wildman–Crippen MR) is 142 cm³/mol. The highest BCUT2D eigenvalue weighted by Crippen LogP contribution is 2.35. The predicted octanol–water partition coefficient (Wildman–Crippen LogP) is 6.63. The molecule has 0 unspecified atom stereocenters. The van der Waals surface area contributed by atoms with Gasteiger partial charge in [-0.3, -0.25) is 0 Å². The van der Waals surface area contributed by atoms with Gasteiger partial charge in [0.05, 0.1) is 17.3 Å². The lowest BCUT2D eigenvalue weighted by Crippen LogP contribution is -2.10. The van der Waals surface area contributed by atoms with E-state index in [4.69, 9.17) is 4.74 Å². The van der Waals surface area contributed by atoms with Crippen LogP contribution in [-0.4, -0.2) is 39.9 Å². The normalized spacial score (nSPS) is 12.2. The van der Waals surface area contributed by atoms with Crippen LogP contribution in [0.15, 0.2) is 72.9 Å². The summed E-state index contributed by atoms with van der Waals surface area (Å²) in [5.74, 6) is 0.870. The standard InChI is InChI=1S/C28H29F3N6O/c1-3-38-16-8-14-32-25-18-23(26(37-36-25)21-11-7-12-22(17-21)28(29,30)31)24-13-15-33-27(35-24)34-19(2)20-9-5-4-6-10-20/h4-7,9-13,15,17-19H,3,8,14,16H2,1-2H3,(H,32,36)(H,33,34,35)/t19-/m0/s1. The number of alkyl halides is 3. The third-order valence-corrected chi connectivity index (χ3v) is 5.81. The van der Waals surface area contributed by atoms with Gasteiger partial charge in [-0.25, -0.2) is 9.97 Å². The Balaban J connectivity index is 1.68. The molecule has 198 valence electrons. The zero-order valence-corrected chi connectivity index (χ0v) is 21.2. The molecule has 0 amide bonds. The second kappa shape index (κ2) is 12.5. The number of anilines is 2. The van der Waals surface area contributed by atoms with Gasteiger partial charge in [0, 0.05) is 37.1 Å².